The zero-order chi connectivity index (χ0) is 8.06. The Bertz CT molecular complexity index is 175. The Balaban J connectivity index is 2.21. The third-order valence-electron chi connectivity index (χ3n) is 3.04. The lowest BCUT2D eigenvalue weighted by atomic mass is 9.99. The predicted octanol–water partition coefficient (Wildman–Crippen LogP) is 0.818. The third-order valence-corrected chi connectivity index (χ3v) is 3.04. The van der Waals surface area contributed by atoms with Crippen LogP contribution in [0.4, 0.5) is 4.39 Å². The van der Waals surface area contributed by atoms with Crippen LogP contribution in [0, 0.1) is 0 Å². The van der Waals surface area contributed by atoms with Gasteiger partial charge in [-0.2, -0.15) is 0 Å². The lowest BCUT2D eigenvalue weighted by Gasteiger charge is -2.21. The van der Waals surface area contributed by atoms with Gasteiger partial charge in [0.05, 0.1) is 19.3 Å². The van der Waals surface area contributed by atoms with Gasteiger partial charge in [-0.25, -0.2) is 4.39 Å². The highest BCUT2D eigenvalue weighted by atomic mass is 19.1. The summed E-state index contributed by atoms with van der Waals surface area (Å²) in [5.74, 6) is 0. The molecule has 2 rings (SSSR count). The van der Waals surface area contributed by atoms with E-state index in [0.717, 1.165) is 0 Å². The number of fused-ring (bicyclic) bond motifs is 1. The van der Waals surface area contributed by atoms with E-state index in [-0.39, 0.29) is 6.04 Å². The van der Waals surface area contributed by atoms with Gasteiger partial charge in [-0.05, 0) is 14.0 Å². The lowest BCUT2D eigenvalue weighted by Crippen LogP contribution is -2.39. The Kier molecular flexibility index (Phi) is 1.48. The van der Waals surface area contributed by atoms with E-state index in [9.17, 15) is 4.39 Å². The van der Waals surface area contributed by atoms with Crippen LogP contribution in [0.15, 0.2) is 0 Å². The van der Waals surface area contributed by atoms with Crippen LogP contribution >= 0.6 is 0 Å². The number of hydrogen-bond acceptors (Lipinski definition) is 2. The number of nitrogens with zero attached hydrogens (tertiary/aromatic N) is 1. The van der Waals surface area contributed by atoms with Crippen LogP contribution in [0.25, 0.3) is 0 Å². The van der Waals surface area contributed by atoms with Crippen molar-refractivity contribution in [3.05, 3.63) is 0 Å². The number of ether oxygens (including phenoxy) is 1. The van der Waals surface area contributed by atoms with Gasteiger partial charge >= 0.3 is 0 Å². The largest absolute Gasteiger partial charge is 0.376 e. The first-order valence-electron chi connectivity index (χ1n) is 4.12. The Morgan fingerprint density at radius 2 is 2.36 bits per heavy atom. The SMILES string of the molecule is CC1CC2(F)COCC2N1C. The molecule has 0 bridgehead atoms. The summed E-state index contributed by atoms with van der Waals surface area (Å²) in [7, 11) is 1.98. The summed E-state index contributed by atoms with van der Waals surface area (Å²) in [6, 6.07) is 0.381. The average molecular weight is 159 g/mol. The number of rotatable bonds is 0. The molecular weight excluding hydrogens is 145 g/mol. The predicted molar refractivity (Wildman–Crippen MR) is 40.3 cm³/mol. The smallest absolute Gasteiger partial charge is 0.153 e. The van der Waals surface area contributed by atoms with Crippen LogP contribution < -0.4 is 0 Å². The summed E-state index contributed by atoms with van der Waals surface area (Å²) in [5.41, 5.74) is -1.05. The fraction of sp³-hybridized carbons (Fsp3) is 1.00. The fourth-order valence-electron chi connectivity index (χ4n) is 2.21. The molecule has 3 atom stereocenters. The van der Waals surface area contributed by atoms with Gasteiger partial charge in [0.1, 0.15) is 0 Å². The van der Waals surface area contributed by atoms with Crippen molar-refractivity contribution in [1.29, 1.82) is 0 Å². The van der Waals surface area contributed by atoms with Crippen molar-refractivity contribution in [3.8, 4) is 0 Å². The van der Waals surface area contributed by atoms with E-state index in [1.807, 2.05) is 7.05 Å². The number of likely N-dealkylation sites (N-methyl/N-ethyl adjacent to an activating group) is 1. The van der Waals surface area contributed by atoms with Crippen LogP contribution in [-0.4, -0.2) is 42.9 Å². The molecule has 0 spiro atoms. The van der Waals surface area contributed by atoms with Crippen molar-refractivity contribution in [3.63, 3.8) is 0 Å². The standard InChI is InChI=1S/C8H14FNO/c1-6-3-8(9)5-11-4-7(8)10(6)2/h6-7H,3-5H2,1-2H3. The molecule has 0 aromatic rings. The van der Waals surface area contributed by atoms with E-state index in [0.29, 0.717) is 25.7 Å². The second kappa shape index (κ2) is 2.17. The maximum Gasteiger partial charge on any atom is 0.153 e. The summed E-state index contributed by atoms with van der Waals surface area (Å²) in [6.45, 7) is 2.93. The molecule has 0 amide bonds. The average Bonchev–Trinajstić information content (AvgIpc) is 2.36. The van der Waals surface area contributed by atoms with Crippen molar-refractivity contribution in [2.75, 3.05) is 20.3 Å². The first kappa shape index (κ1) is 7.50. The molecule has 2 aliphatic rings. The molecule has 0 aliphatic carbocycles. The van der Waals surface area contributed by atoms with Gasteiger partial charge in [-0.1, -0.05) is 0 Å². The van der Waals surface area contributed by atoms with Crippen molar-refractivity contribution in [2.24, 2.45) is 0 Å². The Morgan fingerprint density at radius 3 is 3.00 bits per heavy atom. The fourth-order valence-corrected chi connectivity index (χ4v) is 2.21. The summed E-state index contributed by atoms with van der Waals surface area (Å²) in [6.07, 6.45) is 0.633. The summed E-state index contributed by atoms with van der Waals surface area (Å²) in [4.78, 5) is 2.09. The zero-order valence-electron chi connectivity index (χ0n) is 7.01. The summed E-state index contributed by atoms with van der Waals surface area (Å²) < 4.78 is 18.9. The number of likely N-dealkylation sites (tertiary alicyclic amines) is 1. The molecule has 0 radical (unpaired) electrons. The van der Waals surface area contributed by atoms with Gasteiger partial charge in [0.2, 0.25) is 0 Å². The first-order chi connectivity index (χ1) is 5.13. The van der Waals surface area contributed by atoms with Crippen LogP contribution in [0.1, 0.15) is 13.3 Å². The summed E-state index contributed by atoms with van der Waals surface area (Å²) >= 11 is 0. The minimum absolute atomic E-state index is 0.0116. The second-order valence-electron chi connectivity index (χ2n) is 3.78. The van der Waals surface area contributed by atoms with Gasteiger partial charge < -0.3 is 4.74 Å². The number of halogens is 1. The maximum absolute atomic E-state index is 13.8. The van der Waals surface area contributed by atoms with E-state index in [2.05, 4.69) is 11.8 Å². The minimum Gasteiger partial charge on any atom is -0.376 e. The highest BCUT2D eigenvalue weighted by molar-refractivity contribution is 5.05. The quantitative estimate of drug-likeness (QED) is 0.519. The second-order valence-corrected chi connectivity index (χ2v) is 3.78. The van der Waals surface area contributed by atoms with Crippen molar-refractivity contribution in [2.45, 2.75) is 31.1 Å². The lowest BCUT2D eigenvalue weighted by molar-refractivity contribution is 0.109. The van der Waals surface area contributed by atoms with Gasteiger partial charge in [-0.15, -0.1) is 0 Å². The minimum atomic E-state index is -1.05. The number of alkyl halides is 1. The van der Waals surface area contributed by atoms with Gasteiger partial charge in [0.25, 0.3) is 0 Å². The molecule has 64 valence electrons. The topological polar surface area (TPSA) is 12.5 Å². The molecule has 11 heavy (non-hydrogen) atoms. The zero-order valence-corrected chi connectivity index (χ0v) is 7.01. The van der Waals surface area contributed by atoms with Crippen LogP contribution in [0.2, 0.25) is 0 Å². The Labute approximate surface area is 66.3 Å². The number of hydrogen-bond donors (Lipinski definition) is 0. The van der Waals surface area contributed by atoms with E-state index in [1.54, 1.807) is 0 Å². The highest BCUT2D eigenvalue weighted by Crippen LogP contribution is 2.39. The molecule has 0 aromatic heterocycles. The van der Waals surface area contributed by atoms with E-state index >= 15 is 0 Å². The molecular formula is C8H14FNO. The van der Waals surface area contributed by atoms with Gasteiger partial charge in [-0.3, -0.25) is 4.90 Å². The molecule has 0 aromatic carbocycles. The van der Waals surface area contributed by atoms with Gasteiger partial charge in [0, 0.05) is 12.5 Å². The summed E-state index contributed by atoms with van der Waals surface area (Å²) in [5, 5.41) is 0. The Hall–Kier alpha value is -0.150. The van der Waals surface area contributed by atoms with Crippen LogP contribution in [0.3, 0.4) is 0 Å². The molecule has 0 saturated carbocycles. The molecule has 2 nitrogen and oxygen atoms in total. The first-order valence-corrected chi connectivity index (χ1v) is 4.12. The normalized spacial score (nSPS) is 51.5. The molecule has 3 unspecified atom stereocenters. The highest BCUT2D eigenvalue weighted by Gasteiger charge is 2.53. The monoisotopic (exact) mass is 159 g/mol. The van der Waals surface area contributed by atoms with E-state index < -0.39 is 5.67 Å². The van der Waals surface area contributed by atoms with E-state index in [4.69, 9.17) is 4.74 Å². The molecule has 2 aliphatic heterocycles. The molecule has 0 N–H and O–H groups in total. The Morgan fingerprint density at radius 1 is 1.64 bits per heavy atom. The van der Waals surface area contributed by atoms with Crippen LogP contribution in [0.5, 0.6) is 0 Å². The maximum atomic E-state index is 13.8. The molecule has 2 fully saturated rings. The van der Waals surface area contributed by atoms with Crippen molar-refractivity contribution >= 4 is 0 Å². The third kappa shape index (κ3) is 0.908. The molecule has 3 heteroatoms. The van der Waals surface area contributed by atoms with Gasteiger partial charge in [0.15, 0.2) is 5.67 Å². The van der Waals surface area contributed by atoms with Crippen molar-refractivity contribution in [1.82, 2.24) is 4.90 Å². The van der Waals surface area contributed by atoms with Crippen molar-refractivity contribution < 1.29 is 9.13 Å². The molecule has 2 heterocycles. The van der Waals surface area contributed by atoms with Crippen LogP contribution in [-0.2, 0) is 4.74 Å². The van der Waals surface area contributed by atoms with E-state index in [1.165, 1.54) is 0 Å². The molecule has 2 saturated heterocycles.